The molecule has 1 heterocycles. The van der Waals surface area contributed by atoms with Gasteiger partial charge in [0.1, 0.15) is 0 Å². The zero-order valence-electron chi connectivity index (χ0n) is 11.3. The summed E-state index contributed by atoms with van der Waals surface area (Å²) < 4.78 is 0. The van der Waals surface area contributed by atoms with E-state index in [4.69, 9.17) is 0 Å². The van der Waals surface area contributed by atoms with Crippen LogP contribution in [0.1, 0.15) is 19.8 Å². The van der Waals surface area contributed by atoms with Gasteiger partial charge < -0.3 is 4.90 Å². The number of rotatable bonds is 4. The third kappa shape index (κ3) is 3.95. The van der Waals surface area contributed by atoms with Crippen LogP contribution in [0, 0.1) is 0 Å². The van der Waals surface area contributed by atoms with Crippen molar-refractivity contribution in [2.24, 2.45) is 0 Å². The van der Waals surface area contributed by atoms with Crippen LogP contribution in [-0.2, 0) is 4.79 Å². The Labute approximate surface area is 114 Å². The summed E-state index contributed by atoms with van der Waals surface area (Å²) in [4.78, 5) is 13.7. The van der Waals surface area contributed by atoms with Crippen molar-refractivity contribution < 1.29 is 4.79 Å². The molecular formula is C17H19NO. The second kappa shape index (κ2) is 6.74. The zero-order chi connectivity index (χ0) is 13.5. The van der Waals surface area contributed by atoms with E-state index in [0.717, 1.165) is 17.7 Å². The number of hydrogen-bond acceptors (Lipinski definition) is 2. The summed E-state index contributed by atoms with van der Waals surface area (Å²) in [6, 6.07) is 0. The molecule has 1 aliphatic carbocycles. The highest BCUT2D eigenvalue weighted by Gasteiger charge is 2.04. The lowest BCUT2D eigenvalue weighted by molar-refractivity contribution is -0.111. The van der Waals surface area contributed by atoms with Crippen LogP contribution in [0.15, 0.2) is 72.2 Å². The highest BCUT2D eigenvalue weighted by atomic mass is 16.1. The quantitative estimate of drug-likeness (QED) is 0.712. The topological polar surface area (TPSA) is 20.3 Å². The van der Waals surface area contributed by atoms with E-state index in [2.05, 4.69) is 36.4 Å². The van der Waals surface area contributed by atoms with E-state index in [9.17, 15) is 4.79 Å². The van der Waals surface area contributed by atoms with Crippen molar-refractivity contribution >= 4 is 5.78 Å². The fourth-order valence-electron chi connectivity index (χ4n) is 1.87. The summed E-state index contributed by atoms with van der Waals surface area (Å²) in [5, 5.41) is 0. The first-order valence-electron chi connectivity index (χ1n) is 6.73. The SMILES string of the molecule is CCCCN1C=CC(=CC=C2C=CC=CC2=O)C=C1. The largest absolute Gasteiger partial charge is 0.354 e. The Kier molecular flexibility index (Phi) is 4.73. The summed E-state index contributed by atoms with van der Waals surface area (Å²) in [5.74, 6) is 0.0627. The highest BCUT2D eigenvalue weighted by Crippen LogP contribution is 2.12. The van der Waals surface area contributed by atoms with E-state index in [0.29, 0.717) is 0 Å². The van der Waals surface area contributed by atoms with E-state index in [1.807, 2.05) is 24.3 Å². The van der Waals surface area contributed by atoms with Crippen LogP contribution in [0.25, 0.3) is 0 Å². The maximum atomic E-state index is 11.6. The Hall–Kier alpha value is -2.09. The van der Waals surface area contributed by atoms with E-state index >= 15 is 0 Å². The molecular weight excluding hydrogens is 234 g/mol. The van der Waals surface area contributed by atoms with Gasteiger partial charge in [-0.3, -0.25) is 4.79 Å². The van der Waals surface area contributed by atoms with E-state index in [1.165, 1.54) is 12.8 Å². The smallest absolute Gasteiger partial charge is 0.185 e. The molecule has 0 aromatic heterocycles. The number of hydrogen-bond donors (Lipinski definition) is 0. The Balaban J connectivity index is 1.98. The van der Waals surface area contributed by atoms with Crippen molar-refractivity contribution in [1.29, 1.82) is 0 Å². The van der Waals surface area contributed by atoms with Gasteiger partial charge in [0.05, 0.1) is 0 Å². The maximum Gasteiger partial charge on any atom is 0.185 e. The average Bonchev–Trinajstić information content (AvgIpc) is 2.45. The van der Waals surface area contributed by atoms with Gasteiger partial charge in [0.15, 0.2) is 5.78 Å². The van der Waals surface area contributed by atoms with Gasteiger partial charge in [-0.15, -0.1) is 0 Å². The van der Waals surface area contributed by atoms with Gasteiger partial charge in [-0.2, -0.15) is 0 Å². The lowest BCUT2D eigenvalue weighted by atomic mass is 10.0. The molecule has 0 amide bonds. The molecule has 0 N–H and O–H groups in total. The lowest BCUT2D eigenvalue weighted by Crippen LogP contribution is -2.12. The number of allylic oxidation sites excluding steroid dienone is 10. The van der Waals surface area contributed by atoms with Gasteiger partial charge >= 0.3 is 0 Å². The van der Waals surface area contributed by atoms with Crippen LogP contribution in [-0.4, -0.2) is 17.2 Å². The minimum atomic E-state index is 0.0627. The van der Waals surface area contributed by atoms with Crippen molar-refractivity contribution in [1.82, 2.24) is 4.90 Å². The van der Waals surface area contributed by atoms with Crippen LogP contribution in [0.2, 0.25) is 0 Å². The fraction of sp³-hybridized carbons (Fsp3) is 0.235. The molecule has 0 radical (unpaired) electrons. The number of ketones is 1. The summed E-state index contributed by atoms with van der Waals surface area (Å²) in [6.45, 7) is 3.25. The van der Waals surface area contributed by atoms with Crippen molar-refractivity contribution in [3.05, 3.63) is 72.2 Å². The normalized spacial score (nSPS) is 19.6. The Morgan fingerprint density at radius 2 is 1.79 bits per heavy atom. The molecule has 0 bridgehead atoms. The number of unbranched alkanes of at least 4 members (excludes halogenated alkanes) is 1. The predicted octanol–water partition coefficient (Wildman–Crippen LogP) is 3.68. The fourth-order valence-corrected chi connectivity index (χ4v) is 1.87. The molecule has 0 saturated carbocycles. The Morgan fingerprint density at radius 3 is 2.47 bits per heavy atom. The van der Waals surface area contributed by atoms with Crippen molar-refractivity contribution in [2.45, 2.75) is 19.8 Å². The standard InChI is InChI=1S/C17H19NO/c1-2-3-12-18-13-10-15(11-14-18)8-9-16-6-4-5-7-17(16)19/h4-11,13-14H,2-3,12H2,1H3. The molecule has 0 atom stereocenters. The summed E-state index contributed by atoms with van der Waals surface area (Å²) >= 11 is 0. The first-order valence-corrected chi connectivity index (χ1v) is 6.73. The lowest BCUT2D eigenvalue weighted by Gasteiger charge is -2.18. The monoisotopic (exact) mass is 253 g/mol. The first kappa shape index (κ1) is 13.3. The molecule has 0 aromatic carbocycles. The molecule has 98 valence electrons. The number of nitrogens with zero attached hydrogens (tertiary/aromatic N) is 1. The second-order valence-electron chi connectivity index (χ2n) is 4.59. The van der Waals surface area contributed by atoms with E-state index in [-0.39, 0.29) is 5.78 Å². The maximum absolute atomic E-state index is 11.6. The average molecular weight is 253 g/mol. The molecule has 0 saturated heterocycles. The summed E-state index contributed by atoms with van der Waals surface area (Å²) in [5.41, 5.74) is 1.83. The molecule has 2 aliphatic rings. The number of carbonyl (C=O) groups is 1. The van der Waals surface area contributed by atoms with Crippen LogP contribution >= 0.6 is 0 Å². The molecule has 2 nitrogen and oxygen atoms in total. The van der Waals surface area contributed by atoms with Crippen LogP contribution in [0.5, 0.6) is 0 Å². The van der Waals surface area contributed by atoms with Crippen molar-refractivity contribution in [2.75, 3.05) is 6.54 Å². The van der Waals surface area contributed by atoms with Gasteiger partial charge in [-0.05, 0) is 30.2 Å². The van der Waals surface area contributed by atoms with Gasteiger partial charge in [0.2, 0.25) is 0 Å². The summed E-state index contributed by atoms with van der Waals surface area (Å²) in [7, 11) is 0. The van der Waals surface area contributed by atoms with Gasteiger partial charge in [0.25, 0.3) is 0 Å². The highest BCUT2D eigenvalue weighted by molar-refractivity contribution is 6.07. The molecule has 0 aromatic rings. The zero-order valence-corrected chi connectivity index (χ0v) is 11.3. The van der Waals surface area contributed by atoms with E-state index < -0.39 is 0 Å². The van der Waals surface area contributed by atoms with Gasteiger partial charge in [0, 0.05) is 24.5 Å². The minimum Gasteiger partial charge on any atom is -0.354 e. The Morgan fingerprint density at radius 1 is 1.05 bits per heavy atom. The number of carbonyl (C=O) groups excluding carboxylic acids is 1. The molecule has 0 unspecified atom stereocenters. The van der Waals surface area contributed by atoms with Crippen molar-refractivity contribution in [3.63, 3.8) is 0 Å². The molecule has 1 aliphatic heterocycles. The van der Waals surface area contributed by atoms with Crippen LogP contribution < -0.4 is 0 Å². The summed E-state index contributed by atoms with van der Waals surface area (Å²) in [6.07, 6.45) is 21.6. The first-order chi connectivity index (χ1) is 9.29. The minimum absolute atomic E-state index is 0.0627. The van der Waals surface area contributed by atoms with Crippen LogP contribution in [0.4, 0.5) is 0 Å². The Bertz CT molecular complexity index is 499. The second-order valence-corrected chi connectivity index (χ2v) is 4.59. The van der Waals surface area contributed by atoms with E-state index in [1.54, 1.807) is 12.2 Å². The van der Waals surface area contributed by atoms with Crippen molar-refractivity contribution in [3.8, 4) is 0 Å². The molecule has 2 heteroatoms. The van der Waals surface area contributed by atoms with Gasteiger partial charge in [-0.25, -0.2) is 0 Å². The predicted molar refractivity (Wildman–Crippen MR) is 79.3 cm³/mol. The van der Waals surface area contributed by atoms with Crippen LogP contribution in [0.3, 0.4) is 0 Å². The molecule has 19 heavy (non-hydrogen) atoms. The molecule has 0 fully saturated rings. The third-order valence-corrected chi connectivity index (χ3v) is 3.06. The molecule has 0 spiro atoms. The van der Waals surface area contributed by atoms with Gasteiger partial charge in [-0.1, -0.05) is 43.7 Å². The third-order valence-electron chi connectivity index (χ3n) is 3.06. The molecule has 2 rings (SSSR count).